The number of ether oxygens (including phenoxy) is 2. The van der Waals surface area contributed by atoms with E-state index in [9.17, 15) is 19.5 Å². The van der Waals surface area contributed by atoms with Crippen molar-refractivity contribution in [3.63, 3.8) is 0 Å². The van der Waals surface area contributed by atoms with Crippen molar-refractivity contribution < 1.29 is 29.0 Å². The number of nitrogens with one attached hydrogen (secondary N) is 2. The summed E-state index contributed by atoms with van der Waals surface area (Å²) >= 11 is 31.7. The minimum Gasteiger partial charge on any atom is -0.495 e. The molecule has 2 amide bonds. The van der Waals surface area contributed by atoms with Crippen LogP contribution in [0.5, 0.6) is 11.5 Å². The average molecular weight is 667 g/mol. The third-order valence-corrected chi connectivity index (χ3v) is 8.93. The van der Waals surface area contributed by atoms with Crippen LogP contribution in [-0.2, 0) is 4.79 Å². The molecule has 0 saturated carbocycles. The maximum atomic E-state index is 13.1. The monoisotopic (exact) mass is 664 g/mol. The molecule has 0 aliphatic carbocycles. The van der Waals surface area contributed by atoms with E-state index < -0.39 is 33.3 Å². The van der Waals surface area contributed by atoms with Crippen molar-refractivity contribution >= 4 is 98.9 Å². The van der Waals surface area contributed by atoms with Crippen LogP contribution in [0.3, 0.4) is 0 Å². The topological polar surface area (TPSA) is 114 Å². The zero-order valence-corrected chi connectivity index (χ0v) is 25.6. The molecule has 14 heteroatoms. The van der Waals surface area contributed by atoms with Crippen LogP contribution in [0, 0.1) is 0 Å². The van der Waals surface area contributed by atoms with Gasteiger partial charge in [-0.1, -0.05) is 71.0 Å². The lowest BCUT2D eigenvalue weighted by atomic mass is 10.1. The molecular formula is C26H21Cl5N2O6S. The standard InChI is InChI=1S/C26H21Cl5N2O6S/c1-4-17(24(34)33-14-9-13(27)15(38-2)10-16(14)39-3)40-12-7-5-6-11(8-12)32-25(35)18-19(26(36)37)21(29)23(31)22(30)20(18)28/h5-10,17H,4H2,1-3H3,(H,32,35)(H,33,34)(H,36,37). The zero-order valence-electron chi connectivity index (χ0n) is 21.0. The largest absolute Gasteiger partial charge is 0.495 e. The van der Waals surface area contributed by atoms with E-state index in [2.05, 4.69) is 10.6 Å². The first-order chi connectivity index (χ1) is 18.9. The number of aromatic carboxylic acids is 1. The molecule has 3 aromatic carbocycles. The molecule has 0 aromatic heterocycles. The van der Waals surface area contributed by atoms with Gasteiger partial charge in [-0.2, -0.15) is 0 Å². The second-order valence-electron chi connectivity index (χ2n) is 7.98. The summed E-state index contributed by atoms with van der Waals surface area (Å²) in [5.41, 5.74) is -0.335. The van der Waals surface area contributed by atoms with Crippen LogP contribution >= 0.6 is 69.8 Å². The Morgan fingerprint density at radius 1 is 0.875 bits per heavy atom. The first-order valence-corrected chi connectivity index (χ1v) is 14.1. The Hall–Kier alpha value is -2.53. The summed E-state index contributed by atoms with van der Waals surface area (Å²) < 4.78 is 10.5. The van der Waals surface area contributed by atoms with Crippen molar-refractivity contribution in [3.8, 4) is 11.5 Å². The van der Waals surface area contributed by atoms with E-state index in [4.69, 9.17) is 67.5 Å². The van der Waals surface area contributed by atoms with E-state index in [1.54, 1.807) is 30.3 Å². The van der Waals surface area contributed by atoms with Gasteiger partial charge in [-0.15, -0.1) is 11.8 Å². The highest BCUT2D eigenvalue weighted by Gasteiger charge is 2.29. The summed E-state index contributed by atoms with van der Waals surface area (Å²) in [6.07, 6.45) is 0.471. The molecule has 212 valence electrons. The van der Waals surface area contributed by atoms with Gasteiger partial charge in [0.15, 0.2) is 0 Å². The van der Waals surface area contributed by atoms with Gasteiger partial charge < -0.3 is 25.2 Å². The maximum absolute atomic E-state index is 13.1. The number of amides is 2. The van der Waals surface area contributed by atoms with E-state index in [0.717, 1.165) is 0 Å². The van der Waals surface area contributed by atoms with Crippen molar-refractivity contribution in [2.75, 3.05) is 24.9 Å². The number of hydrogen-bond donors (Lipinski definition) is 3. The molecule has 1 atom stereocenters. The smallest absolute Gasteiger partial charge is 0.338 e. The average Bonchev–Trinajstić information content (AvgIpc) is 2.92. The fourth-order valence-corrected chi connectivity index (χ4v) is 5.82. The number of hydrogen-bond acceptors (Lipinski definition) is 6. The maximum Gasteiger partial charge on any atom is 0.338 e. The molecule has 8 nitrogen and oxygen atoms in total. The van der Waals surface area contributed by atoms with Gasteiger partial charge >= 0.3 is 5.97 Å². The summed E-state index contributed by atoms with van der Waals surface area (Å²) in [5.74, 6) is -1.90. The lowest BCUT2D eigenvalue weighted by Gasteiger charge is -2.18. The third-order valence-electron chi connectivity index (χ3n) is 5.47. The van der Waals surface area contributed by atoms with Gasteiger partial charge in [0.1, 0.15) is 11.5 Å². The van der Waals surface area contributed by atoms with Gasteiger partial charge in [-0.25, -0.2) is 4.79 Å². The van der Waals surface area contributed by atoms with E-state index in [0.29, 0.717) is 39.2 Å². The first-order valence-electron chi connectivity index (χ1n) is 11.3. The Bertz CT molecular complexity index is 1490. The van der Waals surface area contributed by atoms with Crippen molar-refractivity contribution in [2.24, 2.45) is 0 Å². The van der Waals surface area contributed by atoms with Crippen LogP contribution in [0.1, 0.15) is 34.1 Å². The molecule has 0 aliphatic rings. The van der Waals surface area contributed by atoms with Gasteiger partial charge in [-0.05, 0) is 30.7 Å². The zero-order chi connectivity index (χ0) is 29.7. The number of carboxylic acid groups (broad SMARTS) is 1. The van der Waals surface area contributed by atoms with Crippen LogP contribution < -0.4 is 20.1 Å². The fourth-order valence-electron chi connectivity index (χ4n) is 3.54. The molecule has 40 heavy (non-hydrogen) atoms. The Balaban J connectivity index is 1.82. The molecule has 0 heterocycles. The van der Waals surface area contributed by atoms with Crippen LogP contribution in [0.2, 0.25) is 25.1 Å². The summed E-state index contributed by atoms with van der Waals surface area (Å²) in [6.45, 7) is 1.85. The molecule has 3 N–H and O–H groups in total. The van der Waals surface area contributed by atoms with E-state index in [1.807, 2.05) is 6.92 Å². The van der Waals surface area contributed by atoms with Gasteiger partial charge in [0.25, 0.3) is 5.91 Å². The highest BCUT2D eigenvalue weighted by Crippen LogP contribution is 2.42. The SMILES string of the molecule is CCC(Sc1cccc(NC(=O)c2c(Cl)c(Cl)c(Cl)c(Cl)c2C(=O)O)c1)C(=O)Nc1cc(Cl)c(OC)cc1OC. The number of thioether (sulfide) groups is 1. The van der Waals surface area contributed by atoms with Crippen molar-refractivity contribution in [2.45, 2.75) is 23.5 Å². The fraction of sp³-hybridized carbons (Fsp3) is 0.192. The number of carbonyl (C=O) groups excluding carboxylic acids is 2. The summed E-state index contributed by atoms with van der Waals surface area (Å²) in [5, 5.41) is 13.5. The number of carbonyl (C=O) groups is 3. The second kappa shape index (κ2) is 13.9. The van der Waals surface area contributed by atoms with Crippen LogP contribution in [0.25, 0.3) is 0 Å². The number of methoxy groups -OCH3 is 2. The number of carboxylic acids is 1. The number of benzene rings is 3. The van der Waals surface area contributed by atoms with Gasteiger partial charge in [0.05, 0.1) is 61.4 Å². The Morgan fingerprint density at radius 3 is 2.08 bits per heavy atom. The molecule has 0 radical (unpaired) electrons. The normalized spacial score (nSPS) is 11.5. The lowest BCUT2D eigenvalue weighted by molar-refractivity contribution is -0.115. The summed E-state index contributed by atoms with van der Waals surface area (Å²) in [7, 11) is 2.93. The van der Waals surface area contributed by atoms with Crippen LogP contribution in [0.4, 0.5) is 11.4 Å². The van der Waals surface area contributed by atoms with E-state index in [1.165, 1.54) is 32.0 Å². The lowest BCUT2D eigenvalue weighted by Crippen LogP contribution is -2.24. The summed E-state index contributed by atoms with van der Waals surface area (Å²) in [6, 6.07) is 9.73. The highest BCUT2D eigenvalue weighted by molar-refractivity contribution is 8.00. The van der Waals surface area contributed by atoms with E-state index in [-0.39, 0.29) is 21.0 Å². The molecule has 0 bridgehead atoms. The quantitative estimate of drug-likeness (QED) is 0.113. The van der Waals surface area contributed by atoms with Gasteiger partial charge in [0, 0.05) is 16.6 Å². The second-order valence-corrected chi connectivity index (χ2v) is 11.2. The number of halogens is 5. The highest BCUT2D eigenvalue weighted by atomic mass is 35.5. The molecule has 3 rings (SSSR count). The first kappa shape index (κ1) is 32.0. The minimum atomic E-state index is -1.51. The predicted molar refractivity (Wildman–Crippen MR) is 161 cm³/mol. The molecule has 0 spiro atoms. The number of anilines is 2. The van der Waals surface area contributed by atoms with Gasteiger partial charge in [0.2, 0.25) is 5.91 Å². The van der Waals surface area contributed by atoms with Crippen LogP contribution in [-0.4, -0.2) is 42.4 Å². The Labute approximate surface area is 259 Å². The van der Waals surface area contributed by atoms with Crippen molar-refractivity contribution in [1.82, 2.24) is 0 Å². The third kappa shape index (κ3) is 7.02. The molecular weight excluding hydrogens is 646 g/mol. The molecule has 0 fully saturated rings. The Morgan fingerprint density at radius 2 is 1.50 bits per heavy atom. The minimum absolute atomic E-state index is 0.251. The molecule has 0 aliphatic heterocycles. The van der Waals surface area contributed by atoms with Crippen molar-refractivity contribution in [3.05, 3.63) is 72.6 Å². The predicted octanol–water partition coefficient (Wildman–Crippen LogP) is 8.43. The molecule has 0 saturated heterocycles. The van der Waals surface area contributed by atoms with E-state index >= 15 is 0 Å². The summed E-state index contributed by atoms with van der Waals surface area (Å²) in [4.78, 5) is 38.7. The van der Waals surface area contributed by atoms with Gasteiger partial charge in [-0.3, -0.25) is 9.59 Å². The molecule has 3 aromatic rings. The van der Waals surface area contributed by atoms with Crippen molar-refractivity contribution in [1.29, 1.82) is 0 Å². The molecule has 1 unspecified atom stereocenters. The number of rotatable bonds is 10. The Kier molecular flexibility index (Phi) is 11.1. The van der Waals surface area contributed by atoms with Crippen LogP contribution in [0.15, 0.2) is 41.3 Å².